The lowest BCUT2D eigenvalue weighted by molar-refractivity contribution is -0.112. The summed E-state index contributed by atoms with van der Waals surface area (Å²) in [5, 5.41) is 13.3. The van der Waals surface area contributed by atoms with Crippen molar-refractivity contribution in [1.29, 1.82) is 5.26 Å². The van der Waals surface area contributed by atoms with Gasteiger partial charge in [0.1, 0.15) is 24.0 Å². The maximum Gasteiger partial charge on any atom is 0.266 e. The van der Waals surface area contributed by atoms with E-state index in [0.29, 0.717) is 27.0 Å². The molecule has 7 heteroatoms. The van der Waals surface area contributed by atoms with Gasteiger partial charge in [0.25, 0.3) is 5.91 Å². The molecule has 3 rings (SSSR count). The summed E-state index contributed by atoms with van der Waals surface area (Å²) < 4.78 is 5.89. The van der Waals surface area contributed by atoms with Gasteiger partial charge in [0.2, 0.25) is 0 Å². The molecular formula is C24H17Cl3N2O2. The molecule has 4 nitrogen and oxygen atoms in total. The van der Waals surface area contributed by atoms with Crippen LogP contribution in [0.4, 0.5) is 5.69 Å². The maximum atomic E-state index is 12.7. The van der Waals surface area contributed by atoms with Gasteiger partial charge < -0.3 is 10.1 Å². The van der Waals surface area contributed by atoms with Crippen molar-refractivity contribution in [2.45, 2.75) is 13.5 Å². The molecule has 3 aromatic carbocycles. The standard InChI is InChI=1S/C24H17Cl3N2O2/c1-15-6-5-9-20(26)22(15)29-24(30)18(13-28)10-17-11-19(25)12-21(27)23(17)31-14-16-7-3-2-4-8-16/h2-12H,14H2,1H3,(H,29,30)/b18-10+. The average molecular weight is 472 g/mol. The Bertz CT molecular complexity index is 1170. The first-order valence-electron chi connectivity index (χ1n) is 9.23. The van der Waals surface area contributed by atoms with Gasteiger partial charge in [0.05, 0.1) is 15.7 Å². The van der Waals surface area contributed by atoms with Crippen LogP contribution in [-0.4, -0.2) is 5.91 Å². The zero-order valence-electron chi connectivity index (χ0n) is 16.5. The summed E-state index contributed by atoms with van der Waals surface area (Å²) in [4.78, 5) is 12.7. The van der Waals surface area contributed by atoms with Gasteiger partial charge in [-0.2, -0.15) is 5.26 Å². The van der Waals surface area contributed by atoms with E-state index >= 15 is 0 Å². The van der Waals surface area contributed by atoms with Crippen LogP contribution in [0.1, 0.15) is 16.7 Å². The van der Waals surface area contributed by atoms with Crippen LogP contribution in [0.5, 0.6) is 5.75 Å². The Labute approximate surface area is 195 Å². The monoisotopic (exact) mass is 470 g/mol. The van der Waals surface area contributed by atoms with Crippen LogP contribution in [0, 0.1) is 18.3 Å². The van der Waals surface area contributed by atoms with E-state index in [1.807, 2.05) is 49.4 Å². The Morgan fingerprint density at radius 3 is 2.48 bits per heavy atom. The molecule has 1 amide bonds. The number of nitriles is 1. The number of aryl methyl sites for hydroxylation is 1. The van der Waals surface area contributed by atoms with Crippen LogP contribution < -0.4 is 10.1 Å². The Hall–Kier alpha value is -2.97. The Balaban J connectivity index is 1.92. The average Bonchev–Trinajstić information content (AvgIpc) is 2.74. The highest BCUT2D eigenvalue weighted by atomic mass is 35.5. The van der Waals surface area contributed by atoms with Crippen LogP contribution in [-0.2, 0) is 11.4 Å². The van der Waals surface area contributed by atoms with E-state index in [4.69, 9.17) is 39.5 Å². The summed E-state index contributed by atoms with van der Waals surface area (Å²) in [6.07, 6.45) is 1.39. The fourth-order valence-corrected chi connectivity index (χ4v) is 3.68. The third-order valence-electron chi connectivity index (χ3n) is 4.39. The number of ether oxygens (including phenoxy) is 1. The molecule has 0 aliphatic rings. The number of carbonyl (C=O) groups excluding carboxylic acids is 1. The van der Waals surface area contributed by atoms with Crippen LogP contribution >= 0.6 is 34.8 Å². The van der Waals surface area contributed by atoms with Crippen molar-refractivity contribution >= 4 is 52.5 Å². The molecule has 0 unspecified atom stereocenters. The van der Waals surface area contributed by atoms with Gasteiger partial charge in [-0.1, -0.05) is 77.3 Å². The SMILES string of the molecule is Cc1cccc(Cl)c1NC(=O)/C(C#N)=C/c1cc(Cl)cc(Cl)c1OCc1ccccc1. The number of para-hydroxylation sites is 1. The quantitative estimate of drug-likeness (QED) is 0.308. The minimum atomic E-state index is -0.608. The van der Waals surface area contributed by atoms with Gasteiger partial charge >= 0.3 is 0 Å². The zero-order valence-corrected chi connectivity index (χ0v) is 18.7. The molecule has 0 saturated heterocycles. The van der Waals surface area contributed by atoms with E-state index in [-0.39, 0.29) is 17.2 Å². The van der Waals surface area contributed by atoms with Crippen molar-refractivity contribution in [3.05, 3.63) is 98.0 Å². The lowest BCUT2D eigenvalue weighted by atomic mass is 10.1. The van der Waals surface area contributed by atoms with Crippen LogP contribution in [0.15, 0.2) is 66.2 Å². The topological polar surface area (TPSA) is 62.1 Å². The second kappa shape index (κ2) is 10.4. The van der Waals surface area contributed by atoms with Crippen molar-refractivity contribution in [2.75, 3.05) is 5.32 Å². The largest absolute Gasteiger partial charge is 0.487 e. The van der Waals surface area contributed by atoms with Crippen LogP contribution in [0.3, 0.4) is 0 Å². The van der Waals surface area contributed by atoms with Gasteiger partial charge in [-0.05, 0) is 42.3 Å². The molecular weight excluding hydrogens is 455 g/mol. The number of carbonyl (C=O) groups is 1. The summed E-state index contributed by atoms with van der Waals surface area (Å²) in [5.41, 5.74) is 2.42. The van der Waals surface area contributed by atoms with E-state index < -0.39 is 5.91 Å². The van der Waals surface area contributed by atoms with Gasteiger partial charge in [-0.25, -0.2) is 0 Å². The normalized spacial score (nSPS) is 11.0. The van der Waals surface area contributed by atoms with E-state index in [1.165, 1.54) is 6.08 Å². The van der Waals surface area contributed by atoms with Crippen molar-refractivity contribution in [2.24, 2.45) is 0 Å². The molecule has 0 aliphatic heterocycles. The predicted molar refractivity (Wildman–Crippen MR) is 126 cm³/mol. The second-order valence-corrected chi connectivity index (χ2v) is 7.89. The molecule has 0 spiro atoms. The lowest BCUT2D eigenvalue weighted by Gasteiger charge is -2.13. The van der Waals surface area contributed by atoms with Crippen molar-refractivity contribution in [3.63, 3.8) is 0 Å². The number of nitrogens with zero attached hydrogens (tertiary/aromatic N) is 1. The first-order valence-corrected chi connectivity index (χ1v) is 10.4. The minimum Gasteiger partial charge on any atom is -0.487 e. The van der Waals surface area contributed by atoms with Crippen molar-refractivity contribution in [1.82, 2.24) is 0 Å². The number of amides is 1. The highest BCUT2D eigenvalue weighted by Crippen LogP contribution is 2.35. The lowest BCUT2D eigenvalue weighted by Crippen LogP contribution is -2.14. The summed E-state index contributed by atoms with van der Waals surface area (Å²) >= 11 is 18.7. The highest BCUT2D eigenvalue weighted by molar-refractivity contribution is 6.36. The summed E-state index contributed by atoms with van der Waals surface area (Å²) in [7, 11) is 0. The van der Waals surface area contributed by atoms with Crippen LogP contribution in [0.25, 0.3) is 6.08 Å². The molecule has 156 valence electrons. The zero-order chi connectivity index (χ0) is 22.4. The molecule has 0 heterocycles. The first kappa shape index (κ1) is 22.7. The number of rotatable bonds is 6. The van der Waals surface area contributed by atoms with E-state index in [1.54, 1.807) is 24.3 Å². The molecule has 0 atom stereocenters. The van der Waals surface area contributed by atoms with E-state index in [9.17, 15) is 10.1 Å². The fraction of sp³-hybridized carbons (Fsp3) is 0.0833. The smallest absolute Gasteiger partial charge is 0.266 e. The first-order chi connectivity index (χ1) is 14.9. The molecule has 0 fully saturated rings. The Morgan fingerprint density at radius 2 is 1.81 bits per heavy atom. The Morgan fingerprint density at radius 1 is 1.06 bits per heavy atom. The van der Waals surface area contributed by atoms with E-state index in [2.05, 4.69) is 5.32 Å². The number of nitrogens with one attached hydrogen (secondary N) is 1. The Kier molecular flexibility index (Phi) is 7.59. The number of halogens is 3. The molecule has 0 saturated carbocycles. The number of hydrogen-bond donors (Lipinski definition) is 1. The molecule has 3 aromatic rings. The van der Waals surface area contributed by atoms with Crippen LogP contribution in [0.2, 0.25) is 15.1 Å². The summed E-state index contributed by atoms with van der Waals surface area (Å²) in [6.45, 7) is 2.07. The third-order valence-corrected chi connectivity index (χ3v) is 5.20. The second-order valence-electron chi connectivity index (χ2n) is 6.64. The minimum absolute atomic E-state index is 0.151. The number of anilines is 1. The summed E-state index contributed by atoms with van der Waals surface area (Å²) in [5.74, 6) is -0.284. The molecule has 0 radical (unpaired) electrons. The molecule has 1 N–H and O–H groups in total. The molecule has 0 bridgehead atoms. The van der Waals surface area contributed by atoms with Gasteiger partial charge in [0.15, 0.2) is 0 Å². The number of hydrogen-bond acceptors (Lipinski definition) is 3. The predicted octanol–water partition coefficient (Wildman–Crippen LogP) is 7.08. The van der Waals surface area contributed by atoms with Gasteiger partial charge in [-0.15, -0.1) is 0 Å². The summed E-state index contributed by atoms with van der Waals surface area (Å²) in [6, 6.07) is 19.8. The van der Waals surface area contributed by atoms with E-state index in [0.717, 1.165) is 11.1 Å². The van der Waals surface area contributed by atoms with Gasteiger partial charge in [0, 0.05) is 10.6 Å². The maximum absolute atomic E-state index is 12.7. The fourth-order valence-electron chi connectivity index (χ4n) is 2.84. The van der Waals surface area contributed by atoms with Crippen molar-refractivity contribution in [3.8, 4) is 11.8 Å². The third kappa shape index (κ3) is 5.80. The number of benzene rings is 3. The molecule has 0 aromatic heterocycles. The highest BCUT2D eigenvalue weighted by Gasteiger charge is 2.16. The molecule has 31 heavy (non-hydrogen) atoms. The van der Waals surface area contributed by atoms with Crippen molar-refractivity contribution < 1.29 is 9.53 Å². The van der Waals surface area contributed by atoms with Gasteiger partial charge in [-0.3, -0.25) is 4.79 Å². The molecule has 0 aliphatic carbocycles.